The summed E-state index contributed by atoms with van der Waals surface area (Å²) in [4.78, 5) is 42.3. The quantitative estimate of drug-likeness (QED) is 0.610. The number of nitrogen functional groups attached to an aromatic ring is 1. The lowest BCUT2D eigenvalue weighted by Crippen LogP contribution is -3.14. The van der Waals surface area contributed by atoms with E-state index in [0.29, 0.717) is 25.6 Å². The topological polar surface area (TPSA) is 106 Å². The summed E-state index contributed by atoms with van der Waals surface area (Å²) in [5.74, 6) is 0.546. The van der Waals surface area contributed by atoms with Crippen LogP contribution in [0.3, 0.4) is 0 Å². The predicted octanol–water partition coefficient (Wildman–Crippen LogP) is -0.413. The lowest BCUT2D eigenvalue weighted by atomic mass is 10.0. The molecule has 26 heavy (non-hydrogen) atoms. The summed E-state index contributed by atoms with van der Waals surface area (Å²) in [6.45, 7) is 9.05. The number of nitrogens with zero attached hydrogens (tertiary/aromatic N) is 2. The standard InChI is InChI=1S/C18H31N5O3/c1-4-6-10-23-16(19)15(17(25)20-18(23)26)22(5-2)14(24)12-21-9-7-8-13(3)11-21/h13H,4-12,19H2,1-3H3,(H,20,25,26)/p+1/t13-/m1/s1. The van der Waals surface area contributed by atoms with Gasteiger partial charge in [-0.15, -0.1) is 0 Å². The van der Waals surface area contributed by atoms with Crippen molar-refractivity contribution in [3.63, 3.8) is 0 Å². The number of nitrogens with one attached hydrogen (secondary N) is 2. The molecule has 0 aliphatic carbocycles. The molecule has 1 aliphatic heterocycles. The van der Waals surface area contributed by atoms with Gasteiger partial charge in [-0.2, -0.15) is 0 Å². The molecule has 1 aromatic heterocycles. The van der Waals surface area contributed by atoms with E-state index in [-0.39, 0.29) is 17.4 Å². The molecule has 146 valence electrons. The molecule has 1 fully saturated rings. The highest BCUT2D eigenvalue weighted by atomic mass is 16.2. The smallest absolute Gasteiger partial charge is 0.330 e. The number of likely N-dealkylation sites (N-methyl/N-ethyl adjacent to an activating group) is 1. The number of amides is 1. The van der Waals surface area contributed by atoms with Crippen LogP contribution in [0.5, 0.6) is 0 Å². The zero-order valence-corrected chi connectivity index (χ0v) is 16.1. The Kier molecular flexibility index (Phi) is 7.02. The Bertz CT molecular complexity index is 739. The van der Waals surface area contributed by atoms with Crippen molar-refractivity contribution in [3.8, 4) is 0 Å². The molecule has 1 aliphatic rings. The summed E-state index contributed by atoms with van der Waals surface area (Å²) in [6, 6.07) is 0. The van der Waals surface area contributed by atoms with E-state index in [1.807, 2.05) is 13.8 Å². The van der Waals surface area contributed by atoms with Gasteiger partial charge < -0.3 is 10.6 Å². The normalized spacial score (nSPS) is 20.1. The minimum Gasteiger partial charge on any atom is -0.383 e. The van der Waals surface area contributed by atoms with Gasteiger partial charge in [-0.3, -0.25) is 24.0 Å². The molecule has 1 aromatic rings. The fourth-order valence-corrected chi connectivity index (χ4v) is 3.70. The predicted molar refractivity (Wildman–Crippen MR) is 103 cm³/mol. The summed E-state index contributed by atoms with van der Waals surface area (Å²) in [7, 11) is 0. The van der Waals surface area contributed by atoms with Crippen molar-refractivity contribution in [2.24, 2.45) is 5.92 Å². The van der Waals surface area contributed by atoms with Gasteiger partial charge in [-0.05, 0) is 26.2 Å². The Labute approximate surface area is 154 Å². The molecule has 2 heterocycles. The van der Waals surface area contributed by atoms with Gasteiger partial charge in [0.2, 0.25) is 0 Å². The number of carbonyl (C=O) groups is 1. The van der Waals surface area contributed by atoms with Crippen LogP contribution >= 0.6 is 0 Å². The van der Waals surface area contributed by atoms with E-state index in [2.05, 4.69) is 11.9 Å². The van der Waals surface area contributed by atoms with Gasteiger partial charge in [0.1, 0.15) is 5.82 Å². The van der Waals surface area contributed by atoms with Gasteiger partial charge in [0.05, 0.1) is 13.1 Å². The largest absolute Gasteiger partial charge is 0.383 e. The fourth-order valence-electron chi connectivity index (χ4n) is 3.70. The van der Waals surface area contributed by atoms with Crippen molar-refractivity contribution >= 4 is 17.4 Å². The number of rotatable bonds is 7. The third kappa shape index (κ3) is 4.55. The highest BCUT2D eigenvalue weighted by Crippen LogP contribution is 2.17. The third-order valence-electron chi connectivity index (χ3n) is 5.10. The second kappa shape index (κ2) is 9.02. The van der Waals surface area contributed by atoms with Crippen molar-refractivity contribution in [1.29, 1.82) is 0 Å². The number of piperidine rings is 1. The minimum absolute atomic E-state index is 0.0735. The number of hydrogen-bond donors (Lipinski definition) is 3. The van der Waals surface area contributed by atoms with Crippen LogP contribution < -0.4 is 26.8 Å². The van der Waals surface area contributed by atoms with E-state index in [9.17, 15) is 14.4 Å². The van der Waals surface area contributed by atoms with Crippen LogP contribution in [-0.4, -0.2) is 41.6 Å². The lowest BCUT2D eigenvalue weighted by molar-refractivity contribution is -0.900. The summed E-state index contributed by atoms with van der Waals surface area (Å²) < 4.78 is 1.35. The summed E-state index contributed by atoms with van der Waals surface area (Å²) in [5.41, 5.74) is 5.11. The molecule has 1 amide bonds. The molecule has 2 atom stereocenters. The molecular weight excluding hydrogens is 334 g/mol. The molecule has 0 radical (unpaired) electrons. The molecule has 1 saturated heterocycles. The third-order valence-corrected chi connectivity index (χ3v) is 5.10. The van der Waals surface area contributed by atoms with E-state index in [0.717, 1.165) is 32.4 Å². The number of hydrogen-bond acceptors (Lipinski definition) is 4. The average molecular weight is 366 g/mol. The Morgan fingerprint density at radius 1 is 1.38 bits per heavy atom. The average Bonchev–Trinajstić information content (AvgIpc) is 2.58. The Balaban J connectivity index is 2.29. The minimum atomic E-state index is -0.600. The van der Waals surface area contributed by atoms with E-state index in [1.165, 1.54) is 20.8 Å². The molecule has 8 nitrogen and oxygen atoms in total. The fraction of sp³-hybridized carbons (Fsp3) is 0.722. The van der Waals surface area contributed by atoms with E-state index in [1.54, 1.807) is 0 Å². The zero-order chi connectivity index (χ0) is 19.3. The molecule has 8 heteroatoms. The molecule has 0 spiro atoms. The van der Waals surface area contributed by atoms with Crippen LogP contribution in [0.2, 0.25) is 0 Å². The van der Waals surface area contributed by atoms with Crippen LogP contribution in [0.15, 0.2) is 9.59 Å². The summed E-state index contributed by atoms with van der Waals surface area (Å²) >= 11 is 0. The highest BCUT2D eigenvalue weighted by Gasteiger charge is 2.28. The van der Waals surface area contributed by atoms with Crippen molar-refractivity contribution in [2.75, 3.05) is 36.8 Å². The van der Waals surface area contributed by atoms with Crippen LogP contribution in [0.25, 0.3) is 0 Å². The molecule has 1 unspecified atom stereocenters. The second-order valence-electron chi connectivity index (χ2n) is 7.26. The van der Waals surface area contributed by atoms with Gasteiger partial charge in [0.25, 0.3) is 11.5 Å². The number of H-pyrrole nitrogens is 1. The van der Waals surface area contributed by atoms with Gasteiger partial charge in [-0.1, -0.05) is 20.3 Å². The van der Waals surface area contributed by atoms with Crippen molar-refractivity contribution in [2.45, 2.75) is 53.0 Å². The monoisotopic (exact) mass is 366 g/mol. The summed E-state index contributed by atoms with van der Waals surface area (Å²) in [6.07, 6.45) is 3.98. The second-order valence-corrected chi connectivity index (χ2v) is 7.26. The first-order valence-corrected chi connectivity index (χ1v) is 9.65. The van der Waals surface area contributed by atoms with E-state index < -0.39 is 11.2 Å². The van der Waals surface area contributed by atoms with E-state index in [4.69, 9.17) is 5.73 Å². The number of carbonyl (C=O) groups excluding carboxylic acids is 1. The molecular formula is C18H32N5O3+. The van der Waals surface area contributed by atoms with Gasteiger partial charge >= 0.3 is 5.69 Å². The Morgan fingerprint density at radius 2 is 2.12 bits per heavy atom. The number of aromatic nitrogens is 2. The van der Waals surface area contributed by atoms with Crippen LogP contribution in [0.1, 0.15) is 46.5 Å². The van der Waals surface area contributed by atoms with E-state index >= 15 is 0 Å². The first-order valence-electron chi connectivity index (χ1n) is 9.65. The molecule has 4 N–H and O–H groups in total. The van der Waals surface area contributed by atoms with Crippen molar-refractivity contribution in [1.82, 2.24) is 9.55 Å². The maximum Gasteiger partial charge on any atom is 0.330 e. The first-order chi connectivity index (χ1) is 12.4. The Morgan fingerprint density at radius 3 is 2.73 bits per heavy atom. The zero-order valence-electron chi connectivity index (χ0n) is 16.1. The van der Waals surface area contributed by atoms with Crippen LogP contribution in [0.4, 0.5) is 11.5 Å². The summed E-state index contributed by atoms with van der Waals surface area (Å²) in [5, 5.41) is 0. The molecule has 0 aromatic carbocycles. The van der Waals surface area contributed by atoms with Crippen molar-refractivity contribution < 1.29 is 9.69 Å². The van der Waals surface area contributed by atoms with Gasteiger partial charge in [0, 0.05) is 19.0 Å². The van der Waals surface area contributed by atoms with Crippen LogP contribution in [0, 0.1) is 5.92 Å². The van der Waals surface area contributed by atoms with Crippen LogP contribution in [-0.2, 0) is 11.3 Å². The molecule has 0 saturated carbocycles. The number of unbranched alkanes of at least 4 members (excludes halogenated alkanes) is 1. The number of quaternary nitrogens is 1. The number of aromatic amines is 1. The highest BCUT2D eigenvalue weighted by molar-refractivity contribution is 5.96. The Hall–Kier alpha value is -2.09. The molecule has 2 rings (SSSR count). The first kappa shape index (κ1) is 20.2. The van der Waals surface area contributed by atoms with Crippen molar-refractivity contribution in [3.05, 3.63) is 20.8 Å². The van der Waals surface area contributed by atoms with Gasteiger partial charge in [-0.25, -0.2) is 4.79 Å². The number of likely N-dealkylation sites (tertiary alicyclic amines) is 1. The molecule has 0 bridgehead atoms. The number of nitrogens with two attached hydrogens (primary N) is 1. The van der Waals surface area contributed by atoms with Gasteiger partial charge in [0.15, 0.2) is 12.2 Å². The lowest BCUT2D eigenvalue weighted by Gasteiger charge is -2.29. The maximum atomic E-state index is 12.9. The SMILES string of the molecule is CCCCn1c(N)c(N(CC)C(=O)C[NH+]2CCC[C@@H](C)C2)c(=O)[nH]c1=O. The number of anilines is 2. The maximum absolute atomic E-state index is 12.9.